The monoisotopic (exact) mass is 268 g/mol. The van der Waals surface area contributed by atoms with E-state index in [-0.39, 0.29) is 12.5 Å². The molecule has 4 nitrogen and oxygen atoms in total. The number of carbonyl (C=O) groups is 1. The molecule has 1 fully saturated rings. The molecule has 0 aromatic carbocycles. The first-order valence-electron chi connectivity index (χ1n) is 6.12. The molecule has 0 bridgehead atoms. The zero-order valence-electron chi connectivity index (χ0n) is 10.4. The van der Waals surface area contributed by atoms with Gasteiger partial charge in [0.15, 0.2) is 0 Å². The quantitative estimate of drug-likeness (QED) is 0.825. The van der Waals surface area contributed by atoms with Crippen molar-refractivity contribution in [3.63, 3.8) is 0 Å². The Morgan fingerprint density at radius 1 is 1.50 bits per heavy atom. The Morgan fingerprint density at radius 2 is 2.17 bits per heavy atom. The van der Waals surface area contributed by atoms with Crippen LogP contribution in [0, 0.1) is 6.92 Å². The molecule has 1 amide bonds. The van der Waals surface area contributed by atoms with E-state index in [1.54, 1.807) is 19.1 Å². The summed E-state index contributed by atoms with van der Waals surface area (Å²) in [6, 6.07) is 3.24. The summed E-state index contributed by atoms with van der Waals surface area (Å²) in [5, 5.41) is 12.7. The van der Waals surface area contributed by atoms with Crippen molar-refractivity contribution in [2.45, 2.75) is 38.1 Å². The summed E-state index contributed by atoms with van der Waals surface area (Å²) in [5.41, 5.74) is 0.741. The lowest BCUT2D eigenvalue weighted by atomic mass is 9.98. The number of halogens is 1. The molecule has 0 aliphatic heterocycles. The Bertz CT molecular complexity index is 436. The van der Waals surface area contributed by atoms with Crippen molar-refractivity contribution in [1.82, 2.24) is 10.3 Å². The normalized spacial score (nSPS) is 17.7. The third-order valence-corrected chi connectivity index (χ3v) is 3.62. The van der Waals surface area contributed by atoms with Crippen molar-refractivity contribution >= 4 is 17.5 Å². The van der Waals surface area contributed by atoms with Crippen molar-refractivity contribution in [3.8, 4) is 0 Å². The minimum atomic E-state index is -0.458. The summed E-state index contributed by atoms with van der Waals surface area (Å²) < 4.78 is 0. The Hall–Kier alpha value is -1.13. The van der Waals surface area contributed by atoms with Crippen LogP contribution in [0.1, 0.15) is 41.7 Å². The van der Waals surface area contributed by atoms with E-state index >= 15 is 0 Å². The number of nitrogens with one attached hydrogen (secondary N) is 1. The van der Waals surface area contributed by atoms with Crippen LogP contribution in [-0.4, -0.2) is 28.1 Å². The van der Waals surface area contributed by atoms with Crippen LogP contribution in [0.2, 0.25) is 5.15 Å². The highest BCUT2D eigenvalue weighted by atomic mass is 35.5. The average molecular weight is 269 g/mol. The first-order valence-corrected chi connectivity index (χ1v) is 6.50. The molecule has 1 aromatic rings. The Morgan fingerprint density at radius 3 is 2.72 bits per heavy atom. The molecule has 0 unspecified atom stereocenters. The van der Waals surface area contributed by atoms with E-state index in [0.717, 1.165) is 25.7 Å². The van der Waals surface area contributed by atoms with E-state index in [1.165, 1.54) is 0 Å². The lowest BCUT2D eigenvalue weighted by Gasteiger charge is -2.28. The molecular formula is C13H17ClN2O2. The average Bonchev–Trinajstić information content (AvgIpc) is 2.77. The van der Waals surface area contributed by atoms with E-state index in [9.17, 15) is 9.90 Å². The van der Waals surface area contributed by atoms with Crippen molar-refractivity contribution < 1.29 is 9.90 Å². The number of aryl methyl sites for hydroxylation is 1. The van der Waals surface area contributed by atoms with Gasteiger partial charge in [-0.15, -0.1) is 0 Å². The van der Waals surface area contributed by atoms with Crippen LogP contribution in [0.5, 0.6) is 0 Å². The number of hydrogen-bond donors (Lipinski definition) is 2. The van der Waals surface area contributed by atoms with Gasteiger partial charge in [-0.3, -0.25) is 4.79 Å². The summed E-state index contributed by atoms with van der Waals surface area (Å²) in [4.78, 5) is 16.2. The highest BCUT2D eigenvalue weighted by molar-refractivity contribution is 6.29. The number of pyridine rings is 1. The number of aliphatic hydroxyl groups excluding tert-OH is 1. The lowest BCUT2D eigenvalue weighted by molar-refractivity contribution is 0.0838. The highest BCUT2D eigenvalue weighted by Gasteiger charge is 2.34. The van der Waals surface area contributed by atoms with Gasteiger partial charge in [0.25, 0.3) is 5.91 Å². The molecule has 0 atom stereocenters. The molecule has 1 saturated carbocycles. The van der Waals surface area contributed by atoms with Gasteiger partial charge in [-0.25, -0.2) is 4.98 Å². The summed E-state index contributed by atoms with van der Waals surface area (Å²) in [6.45, 7) is 1.77. The van der Waals surface area contributed by atoms with Crippen molar-refractivity contribution in [1.29, 1.82) is 0 Å². The molecule has 2 N–H and O–H groups in total. The lowest BCUT2D eigenvalue weighted by Crippen LogP contribution is -2.49. The standard InChI is InChI=1S/C13H17ClN2O2/c1-9-6-10(7-11(14)15-9)12(18)16-13(8-17)4-2-3-5-13/h6-7,17H,2-5,8H2,1H3,(H,16,18). The van der Waals surface area contributed by atoms with Crippen molar-refractivity contribution in [3.05, 3.63) is 28.5 Å². The van der Waals surface area contributed by atoms with Crippen LogP contribution in [0.4, 0.5) is 0 Å². The molecule has 0 spiro atoms. The zero-order valence-corrected chi connectivity index (χ0v) is 11.1. The third-order valence-electron chi connectivity index (χ3n) is 3.43. The Kier molecular flexibility index (Phi) is 3.88. The van der Waals surface area contributed by atoms with E-state index in [4.69, 9.17) is 11.6 Å². The second kappa shape index (κ2) is 5.24. The van der Waals surface area contributed by atoms with Gasteiger partial charge in [-0.1, -0.05) is 24.4 Å². The van der Waals surface area contributed by atoms with Gasteiger partial charge >= 0.3 is 0 Å². The molecule has 0 saturated heterocycles. The minimum Gasteiger partial charge on any atom is -0.394 e. The second-order valence-electron chi connectivity index (χ2n) is 4.92. The minimum absolute atomic E-state index is 0.0173. The van der Waals surface area contributed by atoms with E-state index in [0.29, 0.717) is 16.4 Å². The zero-order chi connectivity index (χ0) is 13.2. The molecule has 18 heavy (non-hydrogen) atoms. The highest BCUT2D eigenvalue weighted by Crippen LogP contribution is 2.29. The fourth-order valence-electron chi connectivity index (χ4n) is 2.45. The molecule has 1 aliphatic carbocycles. The Labute approximate surface area is 111 Å². The fourth-order valence-corrected chi connectivity index (χ4v) is 2.70. The van der Waals surface area contributed by atoms with E-state index in [1.807, 2.05) is 0 Å². The molecular weight excluding hydrogens is 252 g/mol. The second-order valence-corrected chi connectivity index (χ2v) is 5.31. The van der Waals surface area contributed by atoms with Crippen LogP contribution >= 0.6 is 11.6 Å². The summed E-state index contributed by atoms with van der Waals surface area (Å²) >= 11 is 5.84. The molecule has 1 aromatic heterocycles. The largest absolute Gasteiger partial charge is 0.394 e. The maximum Gasteiger partial charge on any atom is 0.251 e. The van der Waals surface area contributed by atoms with Crippen LogP contribution in [0.3, 0.4) is 0 Å². The van der Waals surface area contributed by atoms with E-state index in [2.05, 4.69) is 10.3 Å². The van der Waals surface area contributed by atoms with Crippen LogP contribution in [0.25, 0.3) is 0 Å². The number of rotatable bonds is 3. The summed E-state index contributed by atoms with van der Waals surface area (Å²) in [5.74, 6) is -0.196. The number of hydrogen-bond acceptors (Lipinski definition) is 3. The van der Waals surface area contributed by atoms with E-state index < -0.39 is 5.54 Å². The van der Waals surface area contributed by atoms with Gasteiger partial charge in [0.2, 0.25) is 0 Å². The van der Waals surface area contributed by atoms with Crippen molar-refractivity contribution in [2.75, 3.05) is 6.61 Å². The molecule has 2 rings (SSSR count). The molecule has 98 valence electrons. The van der Waals surface area contributed by atoms with Crippen molar-refractivity contribution in [2.24, 2.45) is 0 Å². The number of aromatic nitrogens is 1. The van der Waals surface area contributed by atoms with Gasteiger partial charge in [0, 0.05) is 11.3 Å². The van der Waals surface area contributed by atoms with Crippen LogP contribution in [-0.2, 0) is 0 Å². The van der Waals surface area contributed by atoms with Gasteiger partial charge in [0.1, 0.15) is 5.15 Å². The maximum absolute atomic E-state index is 12.2. The number of carbonyl (C=O) groups excluding carboxylic acids is 1. The number of nitrogens with zero attached hydrogens (tertiary/aromatic N) is 1. The first kappa shape index (κ1) is 13.3. The maximum atomic E-state index is 12.2. The van der Waals surface area contributed by atoms with Gasteiger partial charge in [-0.2, -0.15) is 0 Å². The predicted octanol–water partition coefficient (Wildman–Crippen LogP) is 2.08. The number of amides is 1. The fraction of sp³-hybridized carbons (Fsp3) is 0.538. The topological polar surface area (TPSA) is 62.2 Å². The predicted molar refractivity (Wildman–Crippen MR) is 69.7 cm³/mol. The van der Waals surface area contributed by atoms with Crippen LogP contribution in [0.15, 0.2) is 12.1 Å². The summed E-state index contributed by atoms with van der Waals surface area (Å²) in [7, 11) is 0. The molecule has 1 aliphatic rings. The van der Waals surface area contributed by atoms with Gasteiger partial charge in [-0.05, 0) is 31.9 Å². The van der Waals surface area contributed by atoms with Crippen LogP contribution < -0.4 is 5.32 Å². The Balaban J connectivity index is 2.16. The van der Waals surface area contributed by atoms with Gasteiger partial charge in [0.05, 0.1) is 12.1 Å². The first-order chi connectivity index (χ1) is 8.54. The number of aliphatic hydroxyl groups is 1. The summed E-state index contributed by atoms with van der Waals surface area (Å²) in [6.07, 6.45) is 3.73. The third kappa shape index (κ3) is 2.82. The SMILES string of the molecule is Cc1cc(C(=O)NC2(CO)CCCC2)cc(Cl)n1. The molecule has 5 heteroatoms. The van der Waals surface area contributed by atoms with Gasteiger partial charge < -0.3 is 10.4 Å². The molecule has 1 heterocycles. The smallest absolute Gasteiger partial charge is 0.251 e. The molecule has 0 radical (unpaired) electrons.